The minimum Gasteiger partial charge on any atom is -0.478 e. The van der Waals surface area contributed by atoms with Gasteiger partial charge in [-0.25, -0.2) is 9.78 Å². The zero-order valence-corrected chi connectivity index (χ0v) is 21.5. The van der Waals surface area contributed by atoms with E-state index in [4.69, 9.17) is 19.1 Å². The molecule has 9 heteroatoms. The summed E-state index contributed by atoms with van der Waals surface area (Å²) in [4.78, 5) is 26.0. The molecular weight excluding hydrogens is 494 g/mol. The van der Waals surface area contributed by atoms with Crippen LogP contribution in [0.2, 0.25) is 0 Å². The van der Waals surface area contributed by atoms with Gasteiger partial charge in [-0.2, -0.15) is 4.98 Å². The third-order valence-corrected chi connectivity index (χ3v) is 7.74. The van der Waals surface area contributed by atoms with Crippen LogP contribution >= 0.6 is 0 Å². The topological polar surface area (TPSA) is 96.9 Å². The first kappa shape index (κ1) is 23.9. The van der Waals surface area contributed by atoms with Crippen LogP contribution in [0.25, 0.3) is 33.5 Å². The van der Waals surface area contributed by atoms with Gasteiger partial charge in [-0.3, -0.25) is 4.90 Å². The van der Waals surface area contributed by atoms with Gasteiger partial charge in [-0.15, -0.1) is 0 Å². The molecule has 1 unspecified atom stereocenters. The summed E-state index contributed by atoms with van der Waals surface area (Å²) < 4.78 is 13.9. The van der Waals surface area contributed by atoms with Crippen molar-refractivity contribution < 1.29 is 19.1 Å². The molecule has 2 fully saturated rings. The Labute approximate surface area is 225 Å². The van der Waals surface area contributed by atoms with Gasteiger partial charge in [0.15, 0.2) is 0 Å². The molecule has 0 radical (unpaired) electrons. The van der Waals surface area contributed by atoms with Gasteiger partial charge in [0.25, 0.3) is 0 Å². The lowest BCUT2D eigenvalue weighted by molar-refractivity contribution is -0.0592. The van der Waals surface area contributed by atoms with Gasteiger partial charge in [-0.1, -0.05) is 30.3 Å². The quantitative estimate of drug-likeness (QED) is 0.329. The highest BCUT2D eigenvalue weighted by molar-refractivity contribution is 5.92. The second-order valence-corrected chi connectivity index (χ2v) is 10.2. The molecule has 0 amide bonds. The third-order valence-electron chi connectivity index (χ3n) is 7.74. The molecule has 1 atom stereocenters. The zero-order chi connectivity index (χ0) is 26.3. The predicted molar refractivity (Wildman–Crippen MR) is 148 cm³/mol. The SMILES string of the molecule is O=C(O)c1ccc2nc(CN3CCN(c4ccc5cc(-c6ccccc6)oc5n4)CC3)n(CC3CCO3)c2c1. The number of ether oxygens (including phenoxy) is 1. The molecule has 39 heavy (non-hydrogen) atoms. The maximum Gasteiger partial charge on any atom is 0.335 e. The van der Waals surface area contributed by atoms with E-state index >= 15 is 0 Å². The summed E-state index contributed by atoms with van der Waals surface area (Å²) in [6.07, 6.45) is 1.16. The Bertz CT molecular complexity index is 1650. The number of furan rings is 1. The second kappa shape index (κ2) is 9.83. The summed E-state index contributed by atoms with van der Waals surface area (Å²) >= 11 is 0. The molecule has 9 nitrogen and oxygen atoms in total. The number of piperazine rings is 1. The van der Waals surface area contributed by atoms with E-state index < -0.39 is 5.97 Å². The van der Waals surface area contributed by atoms with Gasteiger partial charge in [0.2, 0.25) is 5.71 Å². The lowest BCUT2D eigenvalue weighted by Crippen LogP contribution is -2.46. The van der Waals surface area contributed by atoms with Crippen LogP contribution in [0.3, 0.4) is 0 Å². The van der Waals surface area contributed by atoms with Crippen molar-refractivity contribution in [2.45, 2.75) is 25.6 Å². The van der Waals surface area contributed by atoms with Crippen molar-refractivity contribution in [1.29, 1.82) is 0 Å². The van der Waals surface area contributed by atoms with E-state index in [1.54, 1.807) is 18.2 Å². The van der Waals surface area contributed by atoms with Crippen LogP contribution in [0.15, 0.2) is 71.1 Å². The maximum atomic E-state index is 11.6. The van der Waals surface area contributed by atoms with Crippen molar-refractivity contribution in [3.05, 3.63) is 78.1 Å². The summed E-state index contributed by atoms with van der Waals surface area (Å²) in [5.74, 6) is 1.76. The number of hydrogen-bond acceptors (Lipinski definition) is 7. The molecule has 5 aromatic rings. The summed E-state index contributed by atoms with van der Waals surface area (Å²) in [5, 5.41) is 10.5. The average Bonchev–Trinajstić information content (AvgIpc) is 3.52. The number of nitrogens with zero attached hydrogens (tertiary/aromatic N) is 5. The molecule has 0 aliphatic carbocycles. The minimum absolute atomic E-state index is 0.150. The van der Waals surface area contributed by atoms with Gasteiger partial charge >= 0.3 is 5.97 Å². The molecule has 2 saturated heterocycles. The molecule has 2 aromatic carbocycles. The number of hydrogen-bond donors (Lipinski definition) is 1. The van der Waals surface area contributed by atoms with Crippen molar-refractivity contribution in [3.8, 4) is 11.3 Å². The van der Waals surface area contributed by atoms with E-state index in [2.05, 4.69) is 26.5 Å². The first-order valence-electron chi connectivity index (χ1n) is 13.4. The van der Waals surface area contributed by atoms with Crippen molar-refractivity contribution in [2.24, 2.45) is 0 Å². The molecule has 5 heterocycles. The number of fused-ring (bicyclic) bond motifs is 2. The van der Waals surface area contributed by atoms with Crippen LogP contribution in [-0.2, 0) is 17.8 Å². The van der Waals surface area contributed by atoms with Crippen molar-refractivity contribution in [3.63, 3.8) is 0 Å². The number of pyridine rings is 1. The molecule has 2 aliphatic rings. The van der Waals surface area contributed by atoms with E-state index in [0.717, 1.165) is 78.6 Å². The van der Waals surface area contributed by atoms with Crippen molar-refractivity contribution in [2.75, 3.05) is 37.7 Å². The normalized spacial score (nSPS) is 18.1. The number of anilines is 1. The highest BCUT2D eigenvalue weighted by atomic mass is 16.5. The van der Waals surface area contributed by atoms with E-state index in [9.17, 15) is 9.90 Å². The Hall–Kier alpha value is -4.21. The molecule has 0 saturated carbocycles. The average molecular weight is 524 g/mol. The number of aromatic carboxylic acids is 1. The lowest BCUT2D eigenvalue weighted by atomic mass is 10.1. The number of benzene rings is 2. The molecule has 2 aliphatic heterocycles. The van der Waals surface area contributed by atoms with Gasteiger partial charge in [0, 0.05) is 43.7 Å². The molecule has 1 N–H and O–H groups in total. The molecule has 0 bridgehead atoms. The fourth-order valence-electron chi connectivity index (χ4n) is 5.43. The number of carboxylic acid groups (broad SMARTS) is 1. The van der Waals surface area contributed by atoms with Crippen LogP contribution in [0.1, 0.15) is 22.6 Å². The Morgan fingerprint density at radius 3 is 2.54 bits per heavy atom. The first-order chi connectivity index (χ1) is 19.1. The van der Waals surface area contributed by atoms with Gasteiger partial charge in [-0.05, 0) is 42.8 Å². The molecule has 198 valence electrons. The van der Waals surface area contributed by atoms with E-state index in [1.807, 2.05) is 36.4 Å². The Kier molecular flexibility index (Phi) is 6.02. The smallest absolute Gasteiger partial charge is 0.335 e. The number of imidazole rings is 1. The number of carbonyl (C=O) groups is 1. The maximum absolute atomic E-state index is 11.6. The van der Waals surface area contributed by atoms with Crippen LogP contribution in [0.4, 0.5) is 5.82 Å². The molecule has 3 aromatic heterocycles. The third kappa shape index (κ3) is 4.64. The first-order valence-corrected chi connectivity index (χ1v) is 13.4. The minimum atomic E-state index is -0.931. The second-order valence-electron chi connectivity index (χ2n) is 10.2. The molecule has 7 rings (SSSR count). The Balaban J connectivity index is 1.07. The highest BCUT2D eigenvalue weighted by Crippen LogP contribution is 2.29. The summed E-state index contributed by atoms with van der Waals surface area (Å²) in [6.45, 7) is 5.60. The number of carboxylic acids is 1. The largest absolute Gasteiger partial charge is 0.478 e. The van der Waals surface area contributed by atoms with Crippen molar-refractivity contribution in [1.82, 2.24) is 19.4 Å². The summed E-state index contributed by atoms with van der Waals surface area (Å²) in [5.41, 5.74) is 3.64. The summed E-state index contributed by atoms with van der Waals surface area (Å²) in [6, 6.07) is 21.4. The van der Waals surface area contributed by atoms with Crippen molar-refractivity contribution >= 4 is 33.9 Å². The van der Waals surface area contributed by atoms with Crippen LogP contribution in [-0.4, -0.2) is 69.4 Å². The summed E-state index contributed by atoms with van der Waals surface area (Å²) in [7, 11) is 0. The van der Waals surface area contributed by atoms with E-state index in [0.29, 0.717) is 18.8 Å². The van der Waals surface area contributed by atoms with E-state index in [-0.39, 0.29) is 11.7 Å². The van der Waals surface area contributed by atoms with Crippen LogP contribution < -0.4 is 4.90 Å². The Morgan fingerprint density at radius 1 is 0.974 bits per heavy atom. The number of aromatic nitrogens is 3. The Morgan fingerprint density at radius 2 is 1.79 bits per heavy atom. The predicted octanol–water partition coefficient (Wildman–Crippen LogP) is 4.65. The monoisotopic (exact) mass is 523 g/mol. The van der Waals surface area contributed by atoms with Gasteiger partial charge in [0.05, 0.1) is 35.8 Å². The lowest BCUT2D eigenvalue weighted by Gasteiger charge is -2.35. The molecular formula is C30H29N5O4. The fraction of sp³-hybridized carbons (Fsp3) is 0.300. The fourth-order valence-corrected chi connectivity index (χ4v) is 5.43. The van der Waals surface area contributed by atoms with Gasteiger partial charge in [0.1, 0.15) is 17.4 Å². The molecule has 0 spiro atoms. The highest BCUT2D eigenvalue weighted by Gasteiger charge is 2.25. The van der Waals surface area contributed by atoms with E-state index in [1.165, 1.54) is 0 Å². The number of rotatable bonds is 7. The van der Waals surface area contributed by atoms with Crippen LogP contribution in [0, 0.1) is 0 Å². The van der Waals surface area contributed by atoms with Gasteiger partial charge < -0.3 is 23.7 Å². The standard InChI is InChI=1S/C30H29N5O4/c36-30(37)22-6-8-24-25(16-22)35(18-23-10-15-38-23)28(31-24)19-33-11-13-34(14-12-33)27-9-7-21-17-26(39-29(21)32-27)20-4-2-1-3-5-20/h1-9,16-17,23H,10-15,18-19H2,(H,36,37). The van der Waals surface area contributed by atoms with Crippen LogP contribution in [0.5, 0.6) is 0 Å². The zero-order valence-electron chi connectivity index (χ0n) is 21.5.